The molecule has 0 aliphatic carbocycles. The minimum Gasteiger partial charge on any atom is -0.508 e. The Labute approximate surface area is 185 Å². The van der Waals surface area contributed by atoms with Crippen molar-refractivity contribution in [2.75, 3.05) is 0 Å². The molecule has 6 heteroatoms. The average Bonchev–Trinajstić information content (AvgIpc) is 2.81. The molecule has 0 aliphatic heterocycles. The molecular weight excluding hydrogens is 404 g/mol. The molecule has 0 unspecified atom stereocenters. The first-order valence-corrected chi connectivity index (χ1v) is 9.89. The zero-order chi connectivity index (χ0) is 22.5. The van der Waals surface area contributed by atoms with Crippen LogP contribution in [0.4, 0.5) is 11.4 Å². The van der Waals surface area contributed by atoms with Gasteiger partial charge in [0.25, 0.3) is 6.47 Å². The summed E-state index contributed by atoms with van der Waals surface area (Å²) < 4.78 is 4.76. The van der Waals surface area contributed by atoms with Gasteiger partial charge in [-0.3, -0.25) is 4.79 Å². The summed E-state index contributed by atoms with van der Waals surface area (Å²) >= 11 is 0. The van der Waals surface area contributed by atoms with Gasteiger partial charge in [-0.25, -0.2) is 0 Å². The summed E-state index contributed by atoms with van der Waals surface area (Å²) in [6.45, 7) is 2.10. The predicted molar refractivity (Wildman–Crippen MR) is 123 cm³/mol. The molecule has 0 saturated heterocycles. The van der Waals surface area contributed by atoms with E-state index >= 15 is 0 Å². The summed E-state index contributed by atoms with van der Waals surface area (Å²) in [6, 6.07) is 25.3. The van der Waals surface area contributed by atoms with Crippen LogP contribution in [0.5, 0.6) is 17.2 Å². The lowest BCUT2D eigenvalue weighted by Crippen LogP contribution is -1.89. The van der Waals surface area contributed by atoms with Crippen LogP contribution in [-0.4, -0.2) is 16.7 Å². The number of phenols is 2. The maximum absolute atomic E-state index is 10.6. The van der Waals surface area contributed by atoms with Crippen LogP contribution in [0, 0.1) is 6.92 Å². The second kappa shape index (κ2) is 9.14. The van der Waals surface area contributed by atoms with Gasteiger partial charge in [0.05, 0.1) is 11.4 Å². The van der Waals surface area contributed by atoms with Crippen LogP contribution in [0.3, 0.4) is 0 Å². The van der Waals surface area contributed by atoms with Crippen LogP contribution in [-0.2, 0) is 4.79 Å². The standard InChI is InChI=1S/C26H20N2O4/c1-17-7-8-19(14-24(17)30)18-9-11-22(20-10-12-26(32-16-29)25(31)15-20)23(13-18)28-27-21-5-3-2-4-6-21/h2-16,30-31H,1H3. The van der Waals surface area contributed by atoms with E-state index in [4.69, 9.17) is 4.74 Å². The number of benzene rings is 4. The van der Waals surface area contributed by atoms with E-state index in [-0.39, 0.29) is 23.7 Å². The van der Waals surface area contributed by atoms with Crippen LogP contribution in [0.2, 0.25) is 0 Å². The molecule has 0 amide bonds. The van der Waals surface area contributed by atoms with Gasteiger partial charge in [0.2, 0.25) is 0 Å². The van der Waals surface area contributed by atoms with Gasteiger partial charge in [-0.1, -0.05) is 48.5 Å². The number of carbonyl (C=O) groups excluding carboxylic acids is 1. The van der Waals surface area contributed by atoms with E-state index in [0.29, 0.717) is 16.9 Å². The van der Waals surface area contributed by atoms with Crippen LogP contribution in [0.15, 0.2) is 95.2 Å². The van der Waals surface area contributed by atoms with E-state index in [1.165, 1.54) is 12.1 Å². The second-order valence-electron chi connectivity index (χ2n) is 7.17. The maximum Gasteiger partial charge on any atom is 0.298 e. The van der Waals surface area contributed by atoms with E-state index in [1.54, 1.807) is 12.1 Å². The van der Waals surface area contributed by atoms with E-state index in [2.05, 4.69) is 10.2 Å². The first kappa shape index (κ1) is 20.8. The highest BCUT2D eigenvalue weighted by molar-refractivity contribution is 5.82. The number of nitrogens with zero attached hydrogens (tertiary/aromatic N) is 2. The smallest absolute Gasteiger partial charge is 0.298 e. The molecule has 0 atom stereocenters. The summed E-state index contributed by atoms with van der Waals surface area (Å²) in [4.78, 5) is 10.6. The Kier molecular flexibility index (Phi) is 5.94. The number of carbonyl (C=O) groups is 1. The molecule has 0 aliphatic rings. The number of aromatic hydroxyl groups is 2. The number of ether oxygens (including phenoxy) is 1. The van der Waals surface area contributed by atoms with Crippen molar-refractivity contribution < 1.29 is 19.7 Å². The van der Waals surface area contributed by atoms with Crippen molar-refractivity contribution in [1.29, 1.82) is 0 Å². The summed E-state index contributed by atoms with van der Waals surface area (Å²) in [5.74, 6) is 0.130. The van der Waals surface area contributed by atoms with Crippen LogP contribution in [0.25, 0.3) is 22.3 Å². The van der Waals surface area contributed by atoms with Gasteiger partial charge in [0.15, 0.2) is 11.5 Å². The molecule has 0 aromatic heterocycles. The van der Waals surface area contributed by atoms with Gasteiger partial charge in [0.1, 0.15) is 5.75 Å². The number of rotatable bonds is 6. The molecule has 158 valence electrons. The molecular formula is C26H20N2O4. The van der Waals surface area contributed by atoms with Crippen molar-refractivity contribution in [2.24, 2.45) is 10.2 Å². The van der Waals surface area contributed by atoms with Crippen molar-refractivity contribution in [3.8, 4) is 39.5 Å². The number of phenolic OH excluding ortho intramolecular Hbond substituents is 2. The fraction of sp³-hybridized carbons (Fsp3) is 0.0385. The molecule has 4 aromatic carbocycles. The lowest BCUT2D eigenvalue weighted by atomic mass is 9.97. The number of azo groups is 1. The van der Waals surface area contributed by atoms with E-state index < -0.39 is 0 Å². The molecule has 4 rings (SSSR count). The first-order valence-electron chi connectivity index (χ1n) is 9.89. The van der Waals surface area contributed by atoms with Crippen molar-refractivity contribution in [3.05, 3.63) is 90.5 Å². The lowest BCUT2D eigenvalue weighted by Gasteiger charge is -2.11. The van der Waals surface area contributed by atoms with Crippen molar-refractivity contribution in [3.63, 3.8) is 0 Å². The molecule has 32 heavy (non-hydrogen) atoms. The Morgan fingerprint density at radius 1 is 0.750 bits per heavy atom. The highest BCUT2D eigenvalue weighted by Crippen LogP contribution is 2.39. The highest BCUT2D eigenvalue weighted by atomic mass is 16.5. The van der Waals surface area contributed by atoms with Crippen LogP contribution < -0.4 is 4.74 Å². The number of hydrogen-bond donors (Lipinski definition) is 2. The second-order valence-corrected chi connectivity index (χ2v) is 7.17. The van der Waals surface area contributed by atoms with Crippen molar-refractivity contribution >= 4 is 17.8 Å². The highest BCUT2D eigenvalue weighted by Gasteiger charge is 2.12. The quantitative estimate of drug-likeness (QED) is 0.266. The van der Waals surface area contributed by atoms with Gasteiger partial charge in [-0.15, -0.1) is 5.11 Å². The zero-order valence-corrected chi connectivity index (χ0v) is 17.3. The Hall–Kier alpha value is -4.45. The molecule has 0 radical (unpaired) electrons. The first-order chi connectivity index (χ1) is 15.5. The zero-order valence-electron chi connectivity index (χ0n) is 17.3. The van der Waals surface area contributed by atoms with Crippen LogP contribution >= 0.6 is 0 Å². The van der Waals surface area contributed by atoms with Gasteiger partial charge in [-0.2, -0.15) is 5.11 Å². The molecule has 6 nitrogen and oxygen atoms in total. The van der Waals surface area contributed by atoms with Crippen LogP contribution in [0.1, 0.15) is 5.56 Å². The SMILES string of the molecule is Cc1ccc(-c2ccc(-c3ccc(OC=O)c(O)c3)c(N=Nc3ccccc3)c2)cc1O. The monoisotopic (exact) mass is 424 g/mol. The van der Waals surface area contributed by atoms with Gasteiger partial charge in [-0.05, 0) is 65.6 Å². The maximum atomic E-state index is 10.6. The third kappa shape index (κ3) is 4.49. The normalized spacial score (nSPS) is 10.9. The Bertz CT molecular complexity index is 1300. The third-order valence-electron chi connectivity index (χ3n) is 5.01. The molecule has 4 aromatic rings. The topological polar surface area (TPSA) is 91.5 Å². The van der Waals surface area contributed by atoms with E-state index in [9.17, 15) is 15.0 Å². The number of aryl methyl sites for hydroxylation is 1. The fourth-order valence-corrected chi connectivity index (χ4v) is 3.27. The largest absolute Gasteiger partial charge is 0.508 e. The average molecular weight is 424 g/mol. The van der Waals surface area contributed by atoms with Crippen molar-refractivity contribution in [2.45, 2.75) is 6.92 Å². The van der Waals surface area contributed by atoms with Crippen molar-refractivity contribution in [1.82, 2.24) is 0 Å². The molecule has 0 heterocycles. The van der Waals surface area contributed by atoms with Gasteiger partial charge < -0.3 is 14.9 Å². The minimum absolute atomic E-state index is 0.0722. The minimum atomic E-state index is -0.159. The lowest BCUT2D eigenvalue weighted by molar-refractivity contribution is -0.120. The molecule has 0 bridgehead atoms. The molecule has 0 fully saturated rings. The molecule has 2 N–H and O–H groups in total. The number of hydrogen-bond acceptors (Lipinski definition) is 6. The summed E-state index contributed by atoms with van der Waals surface area (Å²) in [6.07, 6.45) is 0. The fourth-order valence-electron chi connectivity index (χ4n) is 3.27. The molecule has 0 saturated carbocycles. The van der Waals surface area contributed by atoms with Gasteiger partial charge >= 0.3 is 0 Å². The van der Waals surface area contributed by atoms with Gasteiger partial charge in [0, 0.05) is 5.56 Å². The summed E-state index contributed by atoms with van der Waals surface area (Å²) in [5.41, 5.74) is 5.19. The summed E-state index contributed by atoms with van der Waals surface area (Å²) in [7, 11) is 0. The van der Waals surface area contributed by atoms with E-state index in [1.807, 2.05) is 67.6 Å². The Balaban J connectivity index is 1.81. The Morgan fingerprint density at radius 2 is 1.44 bits per heavy atom. The molecule has 0 spiro atoms. The summed E-state index contributed by atoms with van der Waals surface area (Å²) in [5, 5.41) is 29.1. The predicted octanol–water partition coefficient (Wildman–Crippen LogP) is 6.69. The Morgan fingerprint density at radius 3 is 2.16 bits per heavy atom. The van der Waals surface area contributed by atoms with E-state index in [0.717, 1.165) is 22.3 Å². The third-order valence-corrected chi connectivity index (χ3v) is 5.01.